The molecule has 1 aliphatic heterocycles. The van der Waals surface area contributed by atoms with Gasteiger partial charge in [0.05, 0.1) is 30.2 Å². The van der Waals surface area contributed by atoms with Gasteiger partial charge in [-0.1, -0.05) is 23.9 Å². The zero-order valence-corrected chi connectivity index (χ0v) is 18.2. The fourth-order valence-electron chi connectivity index (χ4n) is 3.12. The van der Waals surface area contributed by atoms with Crippen molar-refractivity contribution in [3.63, 3.8) is 0 Å². The lowest BCUT2D eigenvalue weighted by Crippen LogP contribution is -2.36. The molecular formula is C19H18F3N3O5S2. The van der Waals surface area contributed by atoms with E-state index in [-0.39, 0.29) is 18.7 Å². The number of halogens is 3. The topological polar surface area (TPSA) is 119 Å². The van der Waals surface area contributed by atoms with Gasteiger partial charge in [-0.2, -0.15) is 21.6 Å². The second-order valence-corrected chi connectivity index (χ2v) is 9.48. The molecule has 0 radical (unpaired) electrons. The van der Waals surface area contributed by atoms with E-state index >= 15 is 0 Å². The van der Waals surface area contributed by atoms with Gasteiger partial charge in [0.2, 0.25) is 5.91 Å². The van der Waals surface area contributed by atoms with Crippen molar-refractivity contribution in [3.8, 4) is 5.75 Å². The average Bonchev–Trinajstić information content (AvgIpc) is 3.01. The van der Waals surface area contributed by atoms with Crippen LogP contribution in [0.3, 0.4) is 0 Å². The highest BCUT2D eigenvalue weighted by Crippen LogP contribution is 2.32. The molecule has 0 saturated carbocycles. The third-order valence-corrected chi connectivity index (χ3v) is 6.57. The van der Waals surface area contributed by atoms with E-state index < -0.39 is 38.3 Å². The molecule has 1 aliphatic rings. The van der Waals surface area contributed by atoms with Crippen molar-refractivity contribution < 1.29 is 35.9 Å². The van der Waals surface area contributed by atoms with Gasteiger partial charge in [-0.25, -0.2) is 5.14 Å². The zero-order valence-electron chi connectivity index (χ0n) is 16.5. The van der Waals surface area contributed by atoms with Gasteiger partial charge in [-0.15, -0.1) is 0 Å². The Bertz CT molecular complexity index is 1140. The standard InChI is InChI=1S/C19H18F3N3O5S2/c1-30-15-7-2-11(9-16-17(26)24-18(27)31-16)8-12(15)10-25(32(23,28)29)14-5-3-13(4-6-14)19(20,21)22/h2-8,16H,9-10H2,1H3,(H2,23,28,29)(H,24,26,27). The molecule has 0 spiro atoms. The Balaban J connectivity index is 1.92. The van der Waals surface area contributed by atoms with Crippen LogP contribution >= 0.6 is 11.8 Å². The van der Waals surface area contributed by atoms with E-state index in [0.29, 0.717) is 16.9 Å². The molecule has 8 nitrogen and oxygen atoms in total. The number of rotatable bonds is 7. The molecule has 0 aliphatic carbocycles. The van der Waals surface area contributed by atoms with Crippen LogP contribution in [-0.4, -0.2) is 31.9 Å². The Labute approximate surface area is 186 Å². The van der Waals surface area contributed by atoms with Crippen LogP contribution in [0.2, 0.25) is 0 Å². The Hall–Kier alpha value is -2.77. The fourth-order valence-corrected chi connectivity index (χ4v) is 4.72. The molecule has 1 unspecified atom stereocenters. The minimum absolute atomic E-state index is 0.0655. The molecule has 1 atom stereocenters. The summed E-state index contributed by atoms with van der Waals surface area (Å²) in [7, 11) is -2.99. The number of anilines is 1. The number of alkyl halides is 3. The van der Waals surface area contributed by atoms with Gasteiger partial charge in [0.1, 0.15) is 5.75 Å². The van der Waals surface area contributed by atoms with Gasteiger partial charge >= 0.3 is 6.18 Å². The number of benzene rings is 2. The van der Waals surface area contributed by atoms with E-state index in [1.807, 2.05) is 0 Å². The Morgan fingerprint density at radius 3 is 2.31 bits per heavy atom. The van der Waals surface area contributed by atoms with Gasteiger partial charge in [0.25, 0.3) is 15.4 Å². The number of nitrogens with one attached hydrogen (secondary N) is 1. The lowest BCUT2D eigenvalue weighted by molar-refractivity contribution is -0.137. The van der Waals surface area contributed by atoms with E-state index in [9.17, 15) is 31.2 Å². The molecule has 0 bridgehead atoms. The quantitative estimate of drug-likeness (QED) is 0.618. The van der Waals surface area contributed by atoms with Crippen LogP contribution in [0.1, 0.15) is 16.7 Å². The Morgan fingerprint density at radius 1 is 1.16 bits per heavy atom. The fraction of sp³-hybridized carbons (Fsp3) is 0.263. The monoisotopic (exact) mass is 489 g/mol. The maximum atomic E-state index is 12.8. The number of nitrogens with two attached hydrogens (primary N) is 1. The number of carbonyl (C=O) groups is 2. The van der Waals surface area contributed by atoms with Crippen molar-refractivity contribution in [2.45, 2.75) is 24.4 Å². The summed E-state index contributed by atoms with van der Waals surface area (Å²) in [5, 5.41) is 6.43. The van der Waals surface area contributed by atoms with Crippen molar-refractivity contribution >= 4 is 38.8 Å². The van der Waals surface area contributed by atoms with Crippen LogP contribution in [-0.2, 0) is 34.1 Å². The summed E-state index contributed by atoms with van der Waals surface area (Å²) >= 11 is 0.854. The normalized spacial score (nSPS) is 16.7. The number of thioether (sulfide) groups is 1. The summed E-state index contributed by atoms with van der Waals surface area (Å²) in [6, 6.07) is 8.36. The highest BCUT2D eigenvalue weighted by Gasteiger charge is 2.32. The van der Waals surface area contributed by atoms with Crippen LogP contribution in [0.15, 0.2) is 42.5 Å². The summed E-state index contributed by atoms with van der Waals surface area (Å²) in [6.07, 6.45) is -4.37. The Morgan fingerprint density at radius 2 is 1.81 bits per heavy atom. The number of methoxy groups -OCH3 is 1. The smallest absolute Gasteiger partial charge is 0.416 e. The van der Waals surface area contributed by atoms with Crippen LogP contribution < -0.4 is 19.5 Å². The van der Waals surface area contributed by atoms with Crippen molar-refractivity contribution in [1.29, 1.82) is 0 Å². The third-order valence-electron chi connectivity index (χ3n) is 4.64. The van der Waals surface area contributed by atoms with E-state index in [1.165, 1.54) is 7.11 Å². The summed E-state index contributed by atoms with van der Waals surface area (Å²) in [5.74, 6) is -0.109. The van der Waals surface area contributed by atoms with Crippen LogP contribution in [0.25, 0.3) is 0 Å². The summed E-state index contributed by atoms with van der Waals surface area (Å²) < 4.78 is 68.9. The predicted molar refractivity (Wildman–Crippen MR) is 112 cm³/mol. The highest BCUT2D eigenvalue weighted by atomic mass is 32.2. The van der Waals surface area contributed by atoms with Crippen LogP contribution in [0.5, 0.6) is 5.75 Å². The first-order valence-corrected chi connectivity index (χ1v) is 11.4. The molecule has 1 saturated heterocycles. The van der Waals surface area contributed by atoms with Crippen molar-refractivity contribution in [3.05, 3.63) is 59.2 Å². The number of ether oxygens (including phenoxy) is 1. The van der Waals surface area contributed by atoms with E-state index in [1.54, 1.807) is 18.2 Å². The number of carbonyl (C=O) groups excluding carboxylic acids is 2. The van der Waals surface area contributed by atoms with Gasteiger partial charge in [-0.3, -0.25) is 19.2 Å². The largest absolute Gasteiger partial charge is 0.496 e. The zero-order chi connectivity index (χ0) is 23.7. The number of hydrogen-bond donors (Lipinski definition) is 2. The van der Waals surface area contributed by atoms with Gasteiger partial charge in [0, 0.05) is 5.56 Å². The second kappa shape index (κ2) is 9.00. The van der Waals surface area contributed by atoms with Crippen LogP contribution in [0.4, 0.5) is 23.7 Å². The highest BCUT2D eigenvalue weighted by molar-refractivity contribution is 8.15. The second-order valence-electron chi connectivity index (χ2n) is 6.83. The van der Waals surface area contributed by atoms with Crippen molar-refractivity contribution in [2.24, 2.45) is 5.14 Å². The van der Waals surface area contributed by atoms with Crippen molar-refractivity contribution in [2.75, 3.05) is 11.4 Å². The molecule has 1 heterocycles. The minimum Gasteiger partial charge on any atom is -0.496 e. The molecule has 2 aromatic rings. The summed E-state index contributed by atoms with van der Waals surface area (Å²) in [5.41, 5.74) is -0.0000398. The average molecular weight is 489 g/mol. The number of nitrogens with zero attached hydrogens (tertiary/aromatic N) is 1. The molecule has 2 amide bonds. The predicted octanol–water partition coefficient (Wildman–Crippen LogP) is 2.82. The van der Waals surface area contributed by atoms with Gasteiger partial charge < -0.3 is 4.74 Å². The first-order chi connectivity index (χ1) is 14.9. The molecule has 3 rings (SSSR count). The molecule has 1 fully saturated rings. The molecular weight excluding hydrogens is 471 g/mol. The first-order valence-electron chi connectivity index (χ1n) is 9.03. The van der Waals surface area contributed by atoms with E-state index in [2.05, 4.69) is 5.32 Å². The molecule has 3 N–H and O–H groups in total. The van der Waals surface area contributed by atoms with Gasteiger partial charge in [-0.05, 0) is 42.3 Å². The van der Waals surface area contributed by atoms with Crippen molar-refractivity contribution in [1.82, 2.24) is 5.32 Å². The molecule has 32 heavy (non-hydrogen) atoms. The maximum Gasteiger partial charge on any atom is 0.416 e. The lowest BCUT2D eigenvalue weighted by atomic mass is 10.0. The maximum absolute atomic E-state index is 12.8. The number of imide groups is 1. The molecule has 172 valence electrons. The van der Waals surface area contributed by atoms with Gasteiger partial charge in [0.15, 0.2) is 0 Å². The number of amides is 2. The Kier molecular flexibility index (Phi) is 6.72. The SMILES string of the molecule is COc1ccc(CC2SC(=O)NC2=O)cc1CN(c1ccc(C(F)(F)F)cc1)S(N)(=O)=O. The minimum atomic E-state index is -4.57. The number of hydrogen-bond acceptors (Lipinski definition) is 6. The lowest BCUT2D eigenvalue weighted by Gasteiger charge is -2.24. The third kappa shape index (κ3) is 5.53. The van der Waals surface area contributed by atoms with E-state index in [4.69, 9.17) is 9.88 Å². The first kappa shape index (κ1) is 23.9. The molecule has 13 heteroatoms. The summed E-state index contributed by atoms with van der Waals surface area (Å²) in [6.45, 7) is -0.329. The summed E-state index contributed by atoms with van der Waals surface area (Å²) in [4.78, 5) is 23.2. The molecule has 0 aromatic heterocycles. The van der Waals surface area contributed by atoms with Crippen LogP contribution in [0, 0.1) is 0 Å². The van der Waals surface area contributed by atoms with E-state index in [0.717, 1.165) is 40.3 Å². The molecule has 2 aromatic carbocycles.